The molecule has 112 valence electrons. The van der Waals surface area contributed by atoms with Crippen molar-refractivity contribution in [3.05, 3.63) is 45.3 Å². The van der Waals surface area contributed by atoms with Crippen molar-refractivity contribution < 1.29 is 14.9 Å². The van der Waals surface area contributed by atoms with E-state index in [0.29, 0.717) is 5.56 Å². The average molecular weight is 284 g/mol. The number of H-pyrrole nitrogens is 1. The van der Waals surface area contributed by atoms with Crippen LogP contribution >= 0.6 is 0 Å². The van der Waals surface area contributed by atoms with Crippen LogP contribution in [0.3, 0.4) is 0 Å². The van der Waals surface area contributed by atoms with Crippen LogP contribution in [0.1, 0.15) is 25.1 Å². The maximum absolute atomic E-state index is 11.6. The average Bonchev–Trinajstić information content (AvgIpc) is 2.76. The van der Waals surface area contributed by atoms with E-state index in [-0.39, 0.29) is 13.0 Å². The van der Waals surface area contributed by atoms with E-state index in [1.165, 1.54) is 10.8 Å². The molecule has 2 heterocycles. The fourth-order valence-corrected chi connectivity index (χ4v) is 1.85. The molecule has 0 radical (unpaired) electrons. The minimum Gasteiger partial charge on any atom is -0.394 e. The number of aromatic amines is 1. The summed E-state index contributed by atoms with van der Waals surface area (Å²) in [5.41, 5.74) is -0.643. The maximum atomic E-state index is 11.6. The second-order valence-electron chi connectivity index (χ2n) is 4.50. The van der Waals surface area contributed by atoms with Crippen LogP contribution in [-0.2, 0) is 4.74 Å². The summed E-state index contributed by atoms with van der Waals surface area (Å²) in [6.07, 6.45) is 1.17. The third-order valence-electron chi connectivity index (χ3n) is 2.84. The quantitative estimate of drug-likeness (QED) is 0.645. The SMILES string of the molecule is C=CC.Cc1cn([C@H]2C[C@H](O)[C@@H](CO)O2)c(=O)[nH]c1=O. The molecule has 0 bridgehead atoms. The van der Waals surface area contributed by atoms with Crippen molar-refractivity contribution in [2.45, 2.75) is 38.7 Å². The molecule has 3 atom stereocenters. The molecular formula is C13H20N2O5. The Balaban J connectivity index is 0.000000612. The molecule has 2 rings (SSSR count). The second-order valence-corrected chi connectivity index (χ2v) is 4.50. The molecule has 1 aromatic heterocycles. The summed E-state index contributed by atoms with van der Waals surface area (Å²) < 4.78 is 6.54. The minimum absolute atomic E-state index is 0.205. The fraction of sp³-hybridized carbons (Fsp3) is 0.538. The number of aliphatic hydroxyl groups is 2. The highest BCUT2D eigenvalue weighted by Gasteiger charge is 2.34. The number of rotatable bonds is 2. The van der Waals surface area contributed by atoms with Gasteiger partial charge in [0, 0.05) is 18.2 Å². The number of hydrogen-bond donors (Lipinski definition) is 3. The topological polar surface area (TPSA) is 105 Å². The lowest BCUT2D eigenvalue weighted by molar-refractivity contribution is -0.0459. The van der Waals surface area contributed by atoms with Gasteiger partial charge in [0.1, 0.15) is 12.3 Å². The molecule has 1 fully saturated rings. The Hall–Kier alpha value is -1.70. The molecule has 7 heteroatoms. The zero-order valence-electron chi connectivity index (χ0n) is 11.6. The van der Waals surface area contributed by atoms with E-state index in [2.05, 4.69) is 11.6 Å². The van der Waals surface area contributed by atoms with Gasteiger partial charge in [0.15, 0.2) is 0 Å². The first-order chi connectivity index (χ1) is 9.44. The van der Waals surface area contributed by atoms with E-state index in [0.717, 1.165) is 0 Å². The van der Waals surface area contributed by atoms with Gasteiger partial charge < -0.3 is 14.9 Å². The molecule has 20 heavy (non-hydrogen) atoms. The van der Waals surface area contributed by atoms with Crippen molar-refractivity contribution in [2.24, 2.45) is 0 Å². The summed E-state index contributed by atoms with van der Waals surface area (Å²) in [7, 11) is 0. The number of aliphatic hydroxyl groups excluding tert-OH is 2. The second kappa shape index (κ2) is 7.18. The van der Waals surface area contributed by atoms with Crippen molar-refractivity contribution in [1.29, 1.82) is 0 Å². The Morgan fingerprint density at radius 3 is 2.70 bits per heavy atom. The molecule has 7 nitrogen and oxygen atoms in total. The number of nitrogens with zero attached hydrogens (tertiary/aromatic N) is 1. The zero-order valence-corrected chi connectivity index (χ0v) is 11.6. The summed E-state index contributed by atoms with van der Waals surface area (Å²) in [5.74, 6) is 0. The Bertz CT molecular complexity index is 563. The summed E-state index contributed by atoms with van der Waals surface area (Å²) in [5, 5.41) is 18.5. The van der Waals surface area contributed by atoms with Gasteiger partial charge in [0.25, 0.3) is 5.56 Å². The molecule has 0 aromatic carbocycles. The van der Waals surface area contributed by atoms with Gasteiger partial charge in [-0.25, -0.2) is 4.79 Å². The van der Waals surface area contributed by atoms with Gasteiger partial charge in [0.2, 0.25) is 0 Å². The third-order valence-corrected chi connectivity index (χ3v) is 2.84. The number of ether oxygens (including phenoxy) is 1. The molecule has 1 aliphatic heterocycles. The zero-order chi connectivity index (χ0) is 15.3. The van der Waals surface area contributed by atoms with Crippen LogP contribution in [-0.4, -0.2) is 38.6 Å². The number of hydrogen-bond acceptors (Lipinski definition) is 5. The highest BCUT2D eigenvalue weighted by molar-refractivity contribution is 5.02. The van der Waals surface area contributed by atoms with Crippen LogP contribution < -0.4 is 11.2 Å². The molecule has 3 N–H and O–H groups in total. The van der Waals surface area contributed by atoms with E-state index in [9.17, 15) is 14.7 Å². The Kier molecular flexibility index (Phi) is 5.87. The molecule has 1 saturated heterocycles. The van der Waals surface area contributed by atoms with Crippen molar-refractivity contribution in [3.63, 3.8) is 0 Å². The highest BCUT2D eigenvalue weighted by Crippen LogP contribution is 2.27. The molecule has 1 aromatic rings. The molecule has 0 spiro atoms. The van der Waals surface area contributed by atoms with Crippen LogP contribution in [0.15, 0.2) is 28.4 Å². The van der Waals surface area contributed by atoms with Gasteiger partial charge in [-0.2, -0.15) is 0 Å². The van der Waals surface area contributed by atoms with Gasteiger partial charge in [-0.05, 0) is 13.8 Å². The van der Waals surface area contributed by atoms with Crippen LogP contribution in [0.25, 0.3) is 0 Å². The van der Waals surface area contributed by atoms with Crippen LogP contribution in [0.5, 0.6) is 0 Å². The van der Waals surface area contributed by atoms with Crippen molar-refractivity contribution in [1.82, 2.24) is 9.55 Å². The van der Waals surface area contributed by atoms with Gasteiger partial charge >= 0.3 is 5.69 Å². The predicted octanol–water partition coefficient (Wildman–Crippen LogP) is -0.322. The normalized spacial score (nSPS) is 24.9. The lowest BCUT2D eigenvalue weighted by Gasteiger charge is -2.14. The summed E-state index contributed by atoms with van der Waals surface area (Å²) in [6, 6.07) is 0. The lowest BCUT2D eigenvalue weighted by Crippen LogP contribution is -2.33. The minimum atomic E-state index is -0.816. The maximum Gasteiger partial charge on any atom is 0.330 e. The molecular weight excluding hydrogens is 264 g/mol. The van der Waals surface area contributed by atoms with E-state index < -0.39 is 29.7 Å². The first-order valence-electron chi connectivity index (χ1n) is 6.28. The van der Waals surface area contributed by atoms with Crippen LogP contribution in [0.2, 0.25) is 0 Å². The monoisotopic (exact) mass is 284 g/mol. The summed E-state index contributed by atoms with van der Waals surface area (Å²) >= 11 is 0. The first kappa shape index (κ1) is 16.4. The largest absolute Gasteiger partial charge is 0.394 e. The highest BCUT2D eigenvalue weighted by atomic mass is 16.5. The summed E-state index contributed by atoms with van der Waals surface area (Å²) in [6.45, 7) is 6.51. The molecule has 0 saturated carbocycles. The Morgan fingerprint density at radius 1 is 1.60 bits per heavy atom. The van der Waals surface area contributed by atoms with Crippen LogP contribution in [0.4, 0.5) is 0 Å². The first-order valence-corrected chi connectivity index (χ1v) is 6.28. The van der Waals surface area contributed by atoms with E-state index >= 15 is 0 Å². The van der Waals surface area contributed by atoms with Gasteiger partial charge in [0.05, 0.1) is 12.7 Å². The smallest absolute Gasteiger partial charge is 0.330 e. The number of aromatic nitrogens is 2. The standard InChI is InChI=1S/C10H14N2O5.C3H6/c1-5-3-12(10(16)11-9(5)15)8-2-6(14)7(4-13)17-8;1-3-2/h3,6-8,13-14H,2,4H2,1H3,(H,11,15,16);3H,1H2,2H3/t6-,7+,8+;/m0./s1. The van der Waals surface area contributed by atoms with Gasteiger partial charge in [-0.3, -0.25) is 14.3 Å². The van der Waals surface area contributed by atoms with Crippen LogP contribution in [0, 0.1) is 6.92 Å². The molecule has 0 unspecified atom stereocenters. The predicted molar refractivity (Wildman–Crippen MR) is 73.6 cm³/mol. The van der Waals surface area contributed by atoms with E-state index in [1.54, 1.807) is 13.0 Å². The van der Waals surface area contributed by atoms with Gasteiger partial charge in [-0.1, -0.05) is 6.08 Å². The fourth-order valence-electron chi connectivity index (χ4n) is 1.85. The van der Waals surface area contributed by atoms with Crippen molar-refractivity contribution >= 4 is 0 Å². The van der Waals surface area contributed by atoms with Gasteiger partial charge in [-0.15, -0.1) is 6.58 Å². The van der Waals surface area contributed by atoms with E-state index in [4.69, 9.17) is 9.84 Å². The van der Waals surface area contributed by atoms with Crippen molar-refractivity contribution in [3.8, 4) is 0 Å². The Morgan fingerprint density at radius 2 is 2.20 bits per heavy atom. The molecule has 0 aliphatic carbocycles. The lowest BCUT2D eigenvalue weighted by atomic mass is 10.2. The van der Waals surface area contributed by atoms with E-state index in [1.807, 2.05) is 6.92 Å². The third kappa shape index (κ3) is 3.66. The number of aryl methyl sites for hydroxylation is 1. The van der Waals surface area contributed by atoms with Crippen molar-refractivity contribution in [2.75, 3.05) is 6.61 Å². The number of allylic oxidation sites excluding steroid dienone is 1. The molecule has 0 amide bonds. The summed E-state index contributed by atoms with van der Waals surface area (Å²) in [4.78, 5) is 24.9. The molecule has 1 aliphatic rings. The number of nitrogens with one attached hydrogen (secondary N) is 1. The Labute approximate surface area is 116 Å².